The van der Waals surface area contributed by atoms with E-state index in [1.54, 1.807) is 54.8 Å². The number of ether oxygens (including phenoxy) is 2. The number of hydrogen-bond acceptors (Lipinski definition) is 6. The minimum absolute atomic E-state index is 0.0489. The number of hydrazone groups is 1. The predicted molar refractivity (Wildman–Crippen MR) is 119 cm³/mol. The first kappa shape index (κ1) is 20.4. The Morgan fingerprint density at radius 2 is 1.87 bits per heavy atom. The summed E-state index contributed by atoms with van der Waals surface area (Å²) in [7, 11) is 0. The first-order chi connectivity index (χ1) is 15.1. The number of carbonyl (C=O) groups excluding carboxylic acids is 2. The minimum Gasteiger partial charge on any atom is -0.454 e. The quantitative estimate of drug-likeness (QED) is 0.352. The second-order valence-corrected chi connectivity index (χ2v) is 7.61. The molecule has 31 heavy (non-hydrogen) atoms. The molecule has 1 aliphatic rings. The summed E-state index contributed by atoms with van der Waals surface area (Å²) in [5.74, 6) is 0.259. The largest absolute Gasteiger partial charge is 0.454 e. The van der Waals surface area contributed by atoms with Crippen molar-refractivity contribution in [3.63, 3.8) is 0 Å². The minimum atomic E-state index is -0.549. The van der Waals surface area contributed by atoms with Gasteiger partial charge in [0.1, 0.15) is 5.70 Å². The molecule has 156 valence electrons. The van der Waals surface area contributed by atoms with Crippen LogP contribution in [-0.4, -0.2) is 24.8 Å². The topological polar surface area (TPSA) is 89.0 Å². The van der Waals surface area contributed by atoms with Gasteiger partial charge in [0.25, 0.3) is 11.8 Å². The summed E-state index contributed by atoms with van der Waals surface area (Å²) < 4.78 is 10.7. The number of carbonyl (C=O) groups is 2. The summed E-state index contributed by atoms with van der Waals surface area (Å²) in [6.07, 6.45) is 3.14. The van der Waals surface area contributed by atoms with Gasteiger partial charge in [0.2, 0.25) is 6.79 Å². The smallest absolute Gasteiger partial charge is 0.287 e. The Bertz CT molecular complexity index is 1170. The van der Waals surface area contributed by atoms with Crippen molar-refractivity contribution in [3.05, 3.63) is 87.2 Å². The molecule has 2 aromatic carbocycles. The van der Waals surface area contributed by atoms with Gasteiger partial charge in [0.15, 0.2) is 11.5 Å². The van der Waals surface area contributed by atoms with E-state index in [1.165, 1.54) is 11.3 Å². The zero-order chi connectivity index (χ0) is 21.6. The number of aryl methyl sites for hydroxylation is 1. The van der Waals surface area contributed by atoms with Crippen molar-refractivity contribution in [1.29, 1.82) is 0 Å². The molecule has 0 fully saturated rings. The predicted octanol–water partition coefficient (Wildman–Crippen LogP) is 3.71. The highest BCUT2D eigenvalue weighted by molar-refractivity contribution is 7.11. The summed E-state index contributed by atoms with van der Waals surface area (Å²) >= 11 is 1.52. The summed E-state index contributed by atoms with van der Waals surface area (Å²) in [6, 6.07) is 15.9. The summed E-state index contributed by atoms with van der Waals surface area (Å²) in [5, 5.41) is 8.64. The third-order valence-corrected chi connectivity index (χ3v) is 5.44. The number of benzene rings is 2. The van der Waals surface area contributed by atoms with Gasteiger partial charge in [-0.3, -0.25) is 9.59 Å². The van der Waals surface area contributed by atoms with Gasteiger partial charge < -0.3 is 14.8 Å². The molecule has 2 N–H and O–H groups in total. The monoisotopic (exact) mass is 433 g/mol. The van der Waals surface area contributed by atoms with E-state index in [9.17, 15) is 9.59 Å². The molecule has 0 spiro atoms. The van der Waals surface area contributed by atoms with Crippen LogP contribution in [0.1, 0.15) is 26.4 Å². The molecule has 1 aromatic heterocycles. The van der Waals surface area contributed by atoms with Gasteiger partial charge in [0, 0.05) is 10.4 Å². The lowest BCUT2D eigenvalue weighted by atomic mass is 10.1. The maximum absolute atomic E-state index is 12.8. The third kappa shape index (κ3) is 4.99. The molecule has 0 saturated heterocycles. The van der Waals surface area contributed by atoms with Crippen LogP contribution in [0.3, 0.4) is 0 Å². The molecule has 1 aliphatic heterocycles. The van der Waals surface area contributed by atoms with Crippen molar-refractivity contribution >= 4 is 35.4 Å². The molecule has 0 radical (unpaired) electrons. The van der Waals surface area contributed by atoms with E-state index in [0.717, 1.165) is 10.4 Å². The van der Waals surface area contributed by atoms with E-state index in [2.05, 4.69) is 15.8 Å². The molecule has 0 unspecified atom stereocenters. The number of nitrogens with one attached hydrogen (secondary N) is 2. The summed E-state index contributed by atoms with van der Waals surface area (Å²) in [5.41, 5.74) is 4.69. The van der Waals surface area contributed by atoms with Crippen LogP contribution >= 0.6 is 11.3 Å². The Labute approximate surface area is 183 Å². The second-order valence-electron chi connectivity index (χ2n) is 6.66. The normalized spacial score (nSPS) is 12.7. The highest BCUT2D eigenvalue weighted by Crippen LogP contribution is 2.33. The molecular formula is C23H19N3O4S. The van der Waals surface area contributed by atoms with Crippen LogP contribution in [0.4, 0.5) is 0 Å². The van der Waals surface area contributed by atoms with E-state index >= 15 is 0 Å². The first-order valence-electron chi connectivity index (χ1n) is 9.45. The van der Waals surface area contributed by atoms with Crippen molar-refractivity contribution in [2.45, 2.75) is 6.92 Å². The van der Waals surface area contributed by atoms with Crippen molar-refractivity contribution in [3.8, 4) is 11.5 Å². The fourth-order valence-corrected chi connectivity index (χ4v) is 3.62. The van der Waals surface area contributed by atoms with Gasteiger partial charge in [-0.25, -0.2) is 5.43 Å². The zero-order valence-electron chi connectivity index (χ0n) is 16.6. The number of nitrogens with zero attached hydrogens (tertiary/aromatic N) is 1. The van der Waals surface area contributed by atoms with Gasteiger partial charge in [0.05, 0.1) is 6.21 Å². The fraction of sp³-hybridized carbons (Fsp3) is 0.0870. The molecular weight excluding hydrogens is 414 g/mol. The molecule has 2 heterocycles. The van der Waals surface area contributed by atoms with Crippen LogP contribution in [0.15, 0.2) is 70.8 Å². The molecule has 0 aliphatic carbocycles. The number of thiophene rings is 1. The number of amides is 2. The SMILES string of the molecule is Cc1ccsc1C=NNC(=O)C(=Cc1ccc2c(c1)OCO2)NC(=O)c1ccccc1. The average Bonchev–Trinajstić information content (AvgIpc) is 3.42. The number of fused-ring (bicyclic) bond motifs is 1. The van der Waals surface area contributed by atoms with Crippen LogP contribution in [0.2, 0.25) is 0 Å². The molecule has 0 saturated carbocycles. The Morgan fingerprint density at radius 3 is 2.65 bits per heavy atom. The van der Waals surface area contributed by atoms with Crippen LogP contribution in [-0.2, 0) is 4.79 Å². The summed E-state index contributed by atoms with van der Waals surface area (Å²) in [4.78, 5) is 26.4. The standard InChI is InChI=1S/C23H19N3O4S/c1-15-9-10-31-21(15)13-24-26-23(28)18(25-22(27)17-5-3-2-4-6-17)11-16-7-8-19-20(12-16)30-14-29-19/h2-13H,14H2,1H3,(H,25,27)(H,26,28). The maximum atomic E-state index is 12.8. The molecule has 0 bridgehead atoms. The zero-order valence-corrected chi connectivity index (χ0v) is 17.4. The lowest BCUT2D eigenvalue weighted by molar-refractivity contribution is -0.117. The number of rotatable bonds is 6. The molecule has 0 atom stereocenters. The lowest BCUT2D eigenvalue weighted by Crippen LogP contribution is -2.32. The van der Waals surface area contributed by atoms with Gasteiger partial charge in [-0.1, -0.05) is 24.3 Å². The molecule has 7 nitrogen and oxygen atoms in total. The maximum Gasteiger partial charge on any atom is 0.287 e. The second kappa shape index (κ2) is 9.27. The van der Waals surface area contributed by atoms with Crippen LogP contribution in [0, 0.1) is 6.92 Å². The van der Waals surface area contributed by atoms with E-state index in [4.69, 9.17) is 9.47 Å². The number of hydrogen-bond donors (Lipinski definition) is 2. The van der Waals surface area contributed by atoms with E-state index in [0.29, 0.717) is 22.6 Å². The van der Waals surface area contributed by atoms with Crippen LogP contribution in [0.25, 0.3) is 6.08 Å². The van der Waals surface area contributed by atoms with Crippen molar-refractivity contribution in [1.82, 2.24) is 10.7 Å². The van der Waals surface area contributed by atoms with Gasteiger partial charge in [-0.2, -0.15) is 5.10 Å². The van der Waals surface area contributed by atoms with E-state index in [-0.39, 0.29) is 12.5 Å². The molecule has 4 rings (SSSR count). The third-order valence-electron chi connectivity index (χ3n) is 4.49. The average molecular weight is 433 g/mol. The van der Waals surface area contributed by atoms with Gasteiger partial charge in [-0.15, -0.1) is 11.3 Å². The van der Waals surface area contributed by atoms with Crippen molar-refractivity contribution in [2.24, 2.45) is 5.10 Å². The summed E-state index contributed by atoms with van der Waals surface area (Å²) in [6.45, 7) is 2.11. The molecule has 8 heteroatoms. The van der Waals surface area contributed by atoms with Crippen LogP contribution in [0.5, 0.6) is 11.5 Å². The molecule has 2 amide bonds. The van der Waals surface area contributed by atoms with E-state index < -0.39 is 11.8 Å². The lowest BCUT2D eigenvalue weighted by Gasteiger charge is -2.09. The molecule has 3 aromatic rings. The Morgan fingerprint density at radius 1 is 1.06 bits per heavy atom. The van der Waals surface area contributed by atoms with Crippen molar-refractivity contribution in [2.75, 3.05) is 6.79 Å². The first-order valence-corrected chi connectivity index (χ1v) is 10.3. The Hall–Kier alpha value is -3.91. The van der Waals surface area contributed by atoms with Gasteiger partial charge >= 0.3 is 0 Å². The Balaban J connectivity index is 1.57. The van der Waals surface area contributed by atoms with Crippen molar-refractivity contribution < 1.29 is 19.1 Å². The van der Waals surface area contributed by atoms with Gasteiger partial charge in [-0.05, 0) is 59.8 Å². The highest BCUT2D eigenvalue weighted by atomic mass is 32.1. The highest BCUT2D eigenvalue weighted by Gasteiger charge is 2.16. The van der Waals surface area contributed by atoms with E-state index in [1.807, 2.05) is 24.4 Å². The van der Waals surface area contributed by atoms with Crippen LogP contribution < -0.4 is 20.2 Å². The fourth-order valence-electron chi connectivity index (χ4n) is 2.84. The Kier molecular flexibility index (Phi) is 6.09.